The Morgan fingerprint density at radius 3 is 2.67 bits per heavy atom. The van der Waals surface area contributed by atoms with E-state index in [2.05, 4.69) is 22.8 Å². The highest BCUT2D eigenvalue weighted by molar-refractivity contribution is 7.99. The molecule has 0 fully saturated rings. The summed E-state index contributed by atoms with van der Waals surface area (Å²) in [4.78, 5) is 17.2. The summed E-state index contributed by atoms with van der Waals surface area (Å²) in [6, 6.07) is 0. The van der Waals surface area contributed by atoms with E-state index in [4.69, 9.17) is 16.6 Å². The number of ether oxygens (including phenoxy) is 1. The zero-order valence-corrected chi connectivity index (χ0v) is 21.3. The Labute approximate surface area is 203 Å². The fourth-order valence-corrected chi connectivity index (χ4v) is 3.32. The van der Waals surface area contributed by atoms with E-state index in [0.717, 1.165) is 28.0 Å². The van der Waals surface area contributed by atoms with Crippen molar-refractivity contribution in [2.75, 3.05) is 19.4 Å². The molecule has 33 heavy (non-hydrogen) atoms. The summed E-state index contributed by atoms with van der Waals surface area (Å²) in [5, 5.41) is 10.1. The van der Waals surface area contributed by atoms with Gasteiger partial charge in [-0.05, 0) is 70.2 Å². The SMILES string of the molecule is C#CC(C)=CN=C1C(=C)C=C(OCC(SC)C(=O)CNC(C)(C)C(C)=CC=CC=N)C=C1C. The number of hydrogen-bond donors (Lipinski definition) is 2. The third-order valence-electron chi connectivity index (χ3n) is 5.26. The van der Waals surface area contributed by atoms with Gasteiger partial charge in [-0.2, -0.15) is 11.8 Å². The van der Waals surface area contributed by atoms with Gasteiger partial charge in [0.15, 0.2) is 5.78 Å². The molecule has 0 spiro atoms. The zero-order chi connectivity index (χ0) is 25.0. The highest BCUT2D eigenvalue weighted by Crippen LogP contribution is 2.22. The van der Waals surface area contributed by atoms with Gasteiger partial charge in [-0.3, -0.25) is 9.79 Å². The molecule has 0 aromatic carbocycles. The van der Waals surface area contributed by atoms with Crippen LogP contribution in [0.3, 0.4) is 0 Å². The van der Waals surface area contributed by atoms with Crippen molar-refractivity contribution in [3.63, 3.8) is 0 Å². The number of nitrogens with zero attached hydrogens (tertiary/aromatic N) is 1. The van der Waals surface area contributed by atoms with Crippen molar-refractivity contribution in [2.45, 2.75) is 45.4 Å². The largest absolute Gasteiger partial charge is 0.492 e. The van der Waals surface area contributed by atoms with Gasteiger partial charge >= 0.3 is 0 Å². The van der Waals surface area contributed by atoms with Crippen LogP contribution in [-0.4, -0.2) is 47.9 Å². The van der Waals surface area contributed by atoms with Crippen molar-refractivity contribution < 1.29 is 9.53 Å². The van der Waals surface area contributed by atoms with Gasteiger partial charge in [0, 0.05) is 23.5 Å². The second kappa shape index (κ2) is 13.6. The van der Waals surface area contributed by atoms with Crippen LogP contribution in [-0.2, 0) is 9.53 Å². The first kappa shape index (κ1) is 28.2. The molecule has 1 unspecified atom stereocenters. The summed E-state index contributed by atoms with van der Waals surface area (Å²) in [6.45, 7) is 14.4. The van der Waals surface area contributed by atoms with E-state index >= 15 is 0 Å². The van der Waals surface area contributed by atoms with E-state index in [1.807, 2.05) is 65.2 Å². The van der Waals surface area contributed by atoms with E-state index < -0.39 is 0 Å². The van der Waals surface area contributed by atoms with Crippen LogP contribution in [0.15, 0.2) is 76.2 Å². The third-order valence-corrected chi connectivity index (χ3v) is 6.22. The second-order valence-corrected chi connectivity index (χ2v) is 9.26. The Morgan fingerprint density at radius 1 is 1.39 bits per heavy atom. The van der Waals surface area contributed by atoms with E-state index in [1.54, 1.807) is 12.3 Å². The summed E-state index contributed by atoms with van der Waals surface area (Å²) in [6.07, 6.45) is 19.3. The number of carbonyl (C=O) groups is 1. The topological polar surface area (TPSA) is 74.5 Å². The summed E-state index contributed by atoms with van der Waals surface area (Å²) in [5.41, 5.74) is 3.88. The van der Waals surface area contributed by atoms with Crippen LogP contribution in [0, 0.1) is 17.8 Å². The van der Waals surface area contributed by atoms with Crippen molar-refractivity contribution in [1.29, 1.82) is 5.41 Å². The fraction of sp³-hybridized carbons (Fsp3) is 0.370. The number of terminal acetylenes is 1. The van der Waals surface area contributed by atoms with E-state index in [0.29, 0.717) is 5.76 Å². The van der Waals surface area contributed by atoms with Crippen molar-refractivity contribution in [1.82, 2.24) is 5.32 Å². The van der Waals surface area contributed by atoms with Gasteiger partial charge in [0.2, 0.25) is 0 Å². The van der Waals surface area contributed by atoms with Crippen LogP contribution in [0.5, 0.6) is 0 Å². The first-order valence-electron chi connectivity index (χ1n) is 10.6. The molecule has 1 aliphatic rings. The number of carbonyl (C=O) groups excluding carboxylic acids is 1. The molecule has 0 saturated carbocycles. The molecule has 1 aliphatic carbocycles. The van der Waals surface area contributed by atoms with Crippen LogP contribution < -0.4 is 5.32 Å². The molecule has 0 amide bonds. The first-order valence-corrected chi connectivity index (χ1v) is 11.9. The molecule has 0 saturated heterocycles. The lowest BCUT2D eigenvalue weighted by molar-refractivity contribution is -0.118. The Balaban J connectivity index is 2.75. The quantitative estimate of drug-likeness (QED) is 0.236. The maximum atomic E-state index is 12.8. The molecule has 176 valence electrons. The summed E-state index contributed by atoms with van der Waals surface area (Å²) >= 11 is 1.47. The van der Waals surface area contributed by atoms with E-state index in [9.17, 15) is 4.79 Å². The summed E-state index contributed by atoms with van der Waals surface area (Å²) in [5.74, 6) is 3.27. The molecular weight excluding hydrogens is 430 g/mol. The van der Waals surface area contributed by atoms with Gasteiger partial charge in [-0.1, -0.05) is 30.2 Å². The summed E-state index contributed by atoms with van der Waals surface area (Å²) in [7, 11) is 0. The summed E-state index contributed by atoms with van der Waals surface area (Å²) < 4.78 is 5.95. The number of aliphatic imine (C=N–C) groups is 1. The lowest BCUT2D eigenvalue weighted by atomic mass is 9.94. The number of nitrogens with one attached hydrogen (secondary N) is 2. The first-order chi connectivity index (χ1) is 15.5. The van der Waals surface area contributed by atoms with Crippen molar-refractivity contribution in [2.24, 2.45) is 4.99 Å². The Morgan fingerprint density at radius 2 is 2.09 bits per heavy atom. The Hall–Kier alpha value is -2.88. The molecule has 0 aliphatic heterocycles. The average Bonchev–Trinajstić information content (AvgIpc) is 2.77. The van der Waals surface area contributed by atoms with Crippen molar-refractivity contribution in [3.05, 3.63) is 71.2 Å². The predicted molar refractivity (Wildman–Crippen MR) is 143 cm³/mol. The molecule has 1 rings (SSSR count). The number of hydrogen-bond acceptors (Lipinski definition) is 6. The van der Waals surface area contributed by atoms with Crippen molar-refractivity contribution >= 4 is 29.5 Å². The fourth-order valence-electron chi connectivity index (χ4n) is 2.77. The number of rotatable bonds is 12. The number of ketones is 1. The number of allylic oxidation sites excluding steroid dienone is 8. The number of thioether (sulfide) groups is 1. The molecule has 0 heterocycles. The standard InChI is InChI=1S/C27H35N3O2S/c1-9-19(2)16-29-26-20(3)14-23(15-21(26)4)32-18-25(33-8)24(31)17-30-27(6,7)22(5)12-10-11-13-28/h1,10-16,25,28,30H,3,17-18H2,2,4-8H3. The molecule has 2 N–H and O–H groups in total. The average molecular weight is 466 g/mol. The van der Waals surface area contributed by atoms with Crippen LogP contribution in [0.1, 0.15) is 34.6 Å². The van der Waals surface area contributed by atoms with Crippen LogP contribution in [0.2, 0.25) is 0 Å². The highest BCUT2D eigenvalue weighted by atomic mass is 32.2. The minimum atomic E-state index is -0.350. The predicted octanol–water partition coefficient (Wildman–Crippen LogP) is 5.20. The zero-order valence-electron chi connectivity index (χ0n) is 20.5. The molecule has 0 aromatic rings. The lowest BCUT2D eigenvalue weighted by Crippen LogP contribution is -2.45. The molecule has 0 aromatic heterocycles. The van der Waals surface area contributed by atoms with Gasteiger partial charge in [-0.15, -0.1) is 6.42 Å². The molecule has 5 nitrogen and oxygen atoms in total. The molecular formula is C27H35N3O2S. The van der Waals surface area contributed by atoms with E-state index in [-0.39, 0.29) is 29.7 Å². The van der Waals surface area contributed by atoms with Gasteiger partial charge < -0.3 is 15.5 Å². The van der Waals surface area contributed by atoms with Gasteiger partial charge in [0.05, 0.1) is 17.5 Å². The molecule has 0 bridgehead atoms. The van der Waals surface area contributed by atoms with Gasteiger partial charge in [-0.25, -0.2) is 0 Å². The van der Waals surface area contributed by atoms with Crippen LogP contribution in [0.4, 0.5) is 0 Å². The minimum absolute atomic E-state index is 0.0755. The van der Waals surface area contributed by atoms with Crippen molar-refractivity contribution in [3.8, 4) is 12.3 Å². The monoisotopic (exact) mass is 465 g/mol. The molecule has 6 heteroatoms. The molecule has 1 atom stereocenters. The minimum Gasteiger partial charge on any atom is -0.492 e. The smallest absolute Gasteiger partial charge is 0.162 e. The van der Waals surface area contributed by atoms with Gasteiger partial charge in [0.1, 0.15) is 12.4 Å². The highest BCUT2D eigenvalue weighted by Gasteiger charge is 2.24. The van der Waals surface area contributed by atoms with Gasteiger partial charge in [0.25, 0.3) is 0 Å². The molecule has 0 radical (unpaired) electrons. The Kier molecular flexibility index (Phi) is 11.6. The maximum Gasteiger partial charge on any atom is 0.162 e. The normalized spacial score (nSPS) is 17.5. The lowest BCUT2D eigenvalue weighted by Gasteiger charge is -2.28. The third kappa shape index (κ3) is 9.25. The number of Topliss-reactive ketones (excluding diaryl/α,β-unsaturated/α-hetero) is 1. The maximum absolute atomic E-state index is 12.8. The van der Waals surface area contributed by atoms with E-state index in [1.165, 1.54) is 18.0 Å². The van der Waals surface area contributed by atoms with Crippen LogP contribution >= 0.6 is 11.8 Å². The second-order valence-electron chi connectivity index (χ2n) is 8.21. The van der Waals surface area contributed by atoms with Crippen LogP contribution in [0.25, 0.3) is 0 Å². The Bertz CT molecular complexity index is 985.